The molecule has 0 saturated heterocycles. The maximum absolute atomic E-state index is 2.42. The van der Waals surface area contributed by atoms with E-state index in [0.717, 1.165) is 0 Å². The van der Waals surface area contributed by atoms with E-state index in [-0.39, 0.29) is 19.5 Å². The first-order valence-corrected chi connectivity index (χ1v) is 5.47. The fourth-order valence-electron chi connectivity index (χ4n) is 1.03. The van der Waals surface area contributed by atoms with Crippen molar-refractivity contribution in [3.05, 3.63) is 35.4 Å². The van der Waals surface area contributed by atoms with Crippen LogP contribution in [-0.2, 0) is 25.9 Å². The van der Waals surface area contributed by atoms with Crippen molar-refractivity contribution in [1.29, 1.82) is 0 Å². The van der Waals surface area contributed by atoms with Crippen LogP contribution in [-0.4, -0.2) is 4.43 Å². The molecule has 0 aliphatic heterocycles. The van der Waals surface area contributed by atoms with Gasteiger partial charge in [0.1, 0.15) is 0 Å². The van der Waals surface area contributed by atoms with Crippen molar-refractivity contribution in [3.63, 3.8) is 0 Å². The van der Waals surface area contributed by atoms with Crippen molar-refractivity contribution in [2.24, 2.45) is 0 Å². The zero-order valence-electron chi connectivity index (χ0n) is 7.52. The van der Waals surface area contributed by atoms with Crippen LogP contribution in [0.1, 0.15) is 17.5 Å². The second-order valence-corrected chi connectivity index (χ2v) is 3.86. The number of rotatable bonds is 3. The van der Waals surface area contributed by atoms with Crippen molar-refractivity contribution >= 4 is 22.6 Å². The molecule has 0 aliphatic carbocycles. The molecule has 2 heteroatoms. The molecule has 0 aromatic heterocycles. The Bertz CT molecular complexity index is 206. The molecule has 0 atom stereocenters. The summed E-state index contributed by atoms with van der Waals surface area (Å²) in [6.07, 6.45) is 2.52. The van der Waals surface area contributed by atoms with E-state index < -0.39 is 0 Å². The Kier molecular flexibility index (Phi) is 7.36. The van der Waals surface area contributed by atoms with Crippen LogP contribution in [0.15, 0.2) is 24.3 Å². The number of aryl methyl sites for hydroxylation is 2. The standard InChI is InChI=1S/C10H13I.Zn/c1-9-4-6-10(7-5-9)3-2-8-11;/h4-7H,2-3,8H2,1H3;. The third-order valence-electron chi connectivity index (χ3n) is 1.72. The number of halogens is 1. The van der Waals surface area contributed by atoms with E-state index in [9.17, 15) is 0 Å². The van der Waals surface area contributed by atoms with E-state index in [1.165, 1.54) is 28.4 Å². The van der Waals surface area contributed by atoms with Crippen LogP contribution in [0.5, 0.6) is 0 Å². The van der Waals surface area contributed by atoms with Gasteiger partial charge in [-0.05, 0) is 29.8 Å². The molecule has 0 spiro atoms. The van der Waals surface area contributed by atoms with Gasteiger partial charge in [0.25, 0.3) is 0 Å². The van der Waals surface area contributed by atoms with Gasteiger partial charge in [-0.3, -0.25) is 0 Å². The third-order valence-corrected chi connectivity index (χ3v) is 2.48. The molecule has 0 fully saturated rings. The second kappa shape index (κ2) is 7.02. The molecule has 1 rings (SSSR count). The predicted octanol–water partition coefficient (Wildman–Crippen LogP) is 3.36. The minimum atomic E-state index is 0. The fourth-order valence-corrected chi connectivity index (χ4v) is 1.41. The van der Waals surface area contributed by atoms with E-state index in [4.69, 9.17) is 0 Å². The molecule has 0 saturated carbocycles. The summed E-state index contributed by atoms with van der Waals surface area (Å²) < 4.78 is 1.26. The van der Waals surface area contributed by atoms with Crippen LogP contribution in [0.3, 0.4) is 0 Å². The summed E-state index contributed by atoms with van der Waals surface area (Å²) in [6, 6.07) is 8.81. The van der Waals surface area contributed by atoms with Crippen LogP contribution < -0.4 is 0 Å². The van der Waals surface area contributed by atoms with Gasteiger partial charge in [-0.2, -0.15) is 0 Å². The van der Waals surface area contributed by atoms with Crippen LogP contribution in [0, 0.1) is 6.92 Å². The Morgan fingerprint density at radius 3 is 2.25 bits per heavy atom. The van der Waals surface area contributed by atoms with Crippen LogP contribution in [0.25, 0.3) is 0 Å². The average Bonchev–Trinajstić information content (AvgIpc) is 2.04. The van der Waals surface area contributed by atoms with Gasteiger partial charge in [0, 0.05) is 19.5 Å². The van der Waals surface area contributed by atoms with Crippen LogP contribution in [0.2, 0.25) is 0 Å². The Hall–Kier alpha value is 0.573. The maximum atomic E-state index is 2.42. The van der Waals surface area contributed by atoms with Gasteiger partial charge >= 0.3 is 0 Å². The van der Waals surface area contributed by atoms with Crippen molar-refractivity contribution in [2.45, 2.75) is 19.8 Å². The number of benzene rings is 1. The Labute approximate surface area is 101 Å². The molecule has 1 aromatic carbocycles. The van der Waals surface area contributed by atoms with Crippen molar-refractivity contribution in [1.82, 2.24) is 0 Å². The first-order valence-electron chi connectivity index (χ1n) is 3.94. The molecular formula is C10H13IZn. The van der Waals surface area contributed by atoms with Gasteiger partial charge in [0.15, 0.2) is 0 Å². The molecule has 0 bridgehead atoms. The largest absolute Gasteiger partial charge is 0.0864 e. The summed E-state index contributed by atoms with van der Waals surface area (Å²) in [4.78, 5) is 0. The van der Waals surface area contributed by atoms with E-state index in [1.807, 2.05) is 0 Å². The van der Waals surface area contributed by atoms with Gasteiger partial charge in [-0.15, -0.1) is 0 Å². The van der Waals surface area contributed by atoms with E-state index in [0.29, 0.717) is 0 Å². The van der Waals surface area contributed by atoms with Crippen LogP contribution >= 0.6 is 22.6 Å². The molecule has 0 aliphatic rings. The summed E-state index contributed by atoms with van der Waals surface area (Å²) in [6.45, 7) is 2.13. The molecule has 0 radical (unpaired) electrons. The fraction of sp³-hybridized carbons (Fsp3) is 0.400. The third kappa shape index (κ3) is 4.56. The van der Waals surface area contributed by atoms with E-state index in [1.54, 1.807) is 0 Å². The number of alkyl halides is 1. The van der Waals surface area contributed by atoms with E-state index >= 15 is 0 Å². The van der Waals surface area contributed by atoms with Crippen molar-refractivity contribution < 1.29 is 19.5 Å². The molecule has 0 unspecified atom stereocenters. The van der Waals surface area contributed by atoms with Gasteiger partial charge in [-0.25, -0.2) is 0 Å². The Morgan fingerprint density at radius 2 is 1.75 bits per heavy atom. The quantitative estimate of drug-likeness (QED) is 0.454. The zero-order valence-corrected chi connectivity index (χ0v) is 12.6. The molecule has 0 nitrogen and oxygen atoms in total. The first kappa shape index (κ1) is 12.6. The summed E-state index contributed by atoms with van der Waals surface area (Å²) in [5, 5.41) is 0. The molecule has 0 N–H and O–H groups in total. The normalized spacial score (nSPS) is 9.17. The van der Waals surface area contributed by atoms with E-state index in [2.05, 4.69) is 53.8 Å². The van der Waals surface area contributed by atoms with Gasteiger partial charge in [0.05, 0.1) is 0 Å². The minimum Gasteiger partial charge on any atom is -0.0864 e. The van der Waals surface area contributed by atoms with Gasteiger partial charge in [0.2, 0.25) is 0 Å². The maximum Gasteiger partial charge on any atom is 0 e. The molecule has 62 valence electrons. The SMILES string of the molecule is Cc1ccc(CCCI)cc1.[Zn]. The Balaban J connectivity index is 0.00000121. The topological polar surface area (TPSA) is 0 Å². The Morgan fingerprint density at radius 1 is 1.17 bits per heavy atom. The number of hydrogen-bond acceptors (Lipinski definition) is 0. The van der Waals surface area contributed by atoms with Crippen molar-refractivity contribution in [3.8, 4) is 0 Å². The number of hydrogen-bond donors (Lipinski definition) is 0. The van der Waals surface area contributed by atoms with Crippen molar-refractivity contribution in [2.75, 3.05) is 4.43 Å². The summed E-state index contributed by atoms with van der Waals surface area (Å²) in [5.41, 5.74) is 2.82. The smallest absolute Gasteiger partial charge is 0 e. The zero-order chi connectivity index (χ0) is 8.10. The summed E-state index contributed by atoms with van der Waals surface area (Å²) in [7, 11) is 0. The minimum absolute atomic E-state index is 0. The van der Waals surface area contributed by atoms with Gasteiger partial charge < -0.3 is 0 Å². The monoisotopic (exact) mass is 324 g/mol. The molecule has 1 aromatic rings. The molecule has 0 amide bonds. The second-order valence-electron chi connectivity index (χ2n) is 2.78. The molecule has 12 heavy (non-hydrogen) atoms. The van der Waals surface area contributed by atoms with Gasteiger partial charge in [-0.1, -0.05) is 52.4 Å². The molecule has 0 heterocycles. The average molecular weight is 326 g/mol. The summed E-state index contributed by atoms with van der Waals surface area (Å²) >= 11 is 2.42. The summed E-state index contributed by atoms with van der Waals surface area (Å²) in [5.74, 6) is 0. The molecular weight excluding hydrogens is 312 g/mol. The first-order chi connectivity index (χ1) is 5.33. The van der Waals surface area contributed by atoms with Crippen LogP contribution in [0.4, 0.5) is 0 Å². The predicted molar refractivity (Wildman–Crippen MR) is 58.4 cm³/mol.